The summed E-state index contributed by atoms with van der Waals surface area (Å²) in [6.45, 7) is 4.43. The van der Waals surface area contributed by atoms with Gasteiger partial charge < -0.3 is 4.74 Å². The Morgan fingerprint density at radius 3 is 2.39 bits per heavy atom. The van der Waals surface area contributed by atoms with Crippen LogP contribution in [0, 0.1) is 17.2 Å². The predicted octanol–water partition coefficient (Wildman–Crippen LogP) is 9.58. The van der Waals surface area contributed by atoms with Gasteiger partial charge in [0.1, 0.15) is 11.8 Å². The molecule has 2 aliphatic rings. The maximum Gasteiger partial charge on any atom is 0.343 e. The summed E-state index contributed by atoms with van der Waals surface area (Å²) in [6, 6.07) is 15.7. The van der Waals surface area contributed by atoms with Crippen LogP contribution in [0.4, 0.5) is 0 Å². The number of carbonyl (C=O) groups is 1. The largest absolute Gasteiger partial charge is 0.422 e. The Morgan fingerprint density at radius 1 is 0.974 bits per heavy atom. The lowest BCUT2D eigenvalue weighted by Crippen LogP contribution is -2.19. The first-order valence-electron chi connectivity index (χ1n) is 14.7. The fraction of sp³-hybridized carbons (Fsp3) is 0.486. The van der Waals surface area contributed by atoms with Crippen LogP contribution < -0.4 is 4.74 Å². The van der Waals surface area contributed by atoms with Gasteiger partial charge in [0, 0.05) is 5.41 Å². The quantitative estimate of drug-likeness (QED) is 0.172. The number of esters is 1. The molecule has 1 fully saturated rings. The maximum atomic E-state index is 12.9. The van der Waals surface area contributed by atoms with Crippen LogP contribution in [0.25, 0.3) is 0 Å². The number of nitrogens with zero attached hydrogens (tertiary/aromatic N) is 1. The summed E-state index contributed by atoms with van der Waals surface area (Å²) in [6.07, 6.45) is 24.0. The predicted molar refractivity (Wildman–Crippen MR) is 155 cm³/mol. The number of benzene rings is 2. The van der Waals surface area contributed by atoms with Gasteiger partial charge in [0.25, 0.3) is 0 Å². The van der Waals surface area contributed by atoms with E-state index in [2.05, 4.69) is 44.2 Å². The molecule has 38 heavy (non-hydrogen) atoms. The SMILES string of the molecule is CCCCCCCCC1CCC(c2ccc(C(=O)Oc3ccc(C4(C)C=CC=CC4)cc3C#N)cc2)CC1. The molecule has 0 aliphatic heterocycles. The number of ether oxygens (including phenoxy) is 1. The smallest absolute Gasteiger partial charge is 0.343 e. The Morgan fingerprint density at radius 2 is 1.71 bits per heavy atom. The highest BCUT2D eigenvalue weighted by atomic mass is 16.5. The number of allylic oxidation sites excluding steroid dienone is 4. The fourth-order valence-corrected chi connectivity index (χ4v) is 6.05. The van der Waals surface area contributed by atoms with Crippen LogP contribution in [0.2, 0.25) is 0 Å². The van der Waals surface area contributed by atoms with Crippen LogP contribution >= 0.6 is 0 Å². The van der Waals surface area contributed by atoms with Crippen molar-refractivity contribution >= 4 is 5.97 Å². The molecule has 3 heteroatoms. The van der Waals surface area contributed by atoms with Crippen LogP contribution in [-0.2, 0) is 5.41 Å². The van der Waals surface area contributed by atoms with Gasteiger partial charge in [-0.3, -0.25) is 0 Å². The fourth-order valence-electron chi connectivity index (χ4n) is 6.05. The average Bonchev–Trinajstić information content (AvgIpc) is 2.96. The Bertz CT molecular complexity index is 1160. The van der Waals surface area contributed by atoms with Gasteiger partial charge in [-0.15, -0.1) is 0 Å². The molecule has 1 unspecified atom stereocenters. The molecule has 200 valence electrons. The second-order valence-corrected chi connectivity index (χ2v) is 11.5. The van der Waals surface area contributed by atoms with E-state index in [-0.39, 0.29) is 5.41 Å². The summed E-state index contributed by atoms with van der Waals surface area (Å²) < 4.78 is 5.67. The molecule has 4 rings (SSSR count). The summed E-state index contributed by atoms with van der Waals surface area (Å²) in [7, 11) is 0. The van der Waals surface area contributed by atoms with Crippen molar-refractivity contribution in [3.8, 4) is 11.8 Å². The van der Waals surface area contributed by atoms with Crippen molar-refractivity contribution in [1.29, 1.82) is 5.26 Å². The van der Waals surface area contributed by atoms with Crippen molar-refractivity contribution in [1.82, 2.24) is 0 Å². The number of carbonyl (C=O) groups excluding carboxylic acids is 1. The molecule has 1 saturated carbocycles. The second-order valence-electron chi connectivity index (χ2n) is 11.5. The van der Waals surface area contributed by atoms with Crippen LogP contribution in [0.5, 0.6) is 5.75 Å². The molecule has 2 aromatic rings. The first-order chi connectivity index (χ1) is 18.5. The van der Waals surface area contributed by atoms with Crippen LogP contribution in [0.15, 0.2) is 66.8 Å². The van der Waals surface area contributed by atoms with Crippen molar-refractivity contribution in [2.45, 2.75) is 102 Å². The minimum absolute atomic E-state index is 0.161. The zero-order chi connectivity index (χ0) is 26.8. The molecule has 0 amide bonds. The van der Waals surface area contributed by atoms with E-state index in [0.717, 1.165) is 17.9 Å². The summed E-state index contributed by atoms with van der Waals surface area (Å²) in [5, 5.41) is 9.73. The third-order valence-electron chi connectivity index (χ3n) is 8.65. The van der Waals surface area contributed by atoms with E-state index in [1.54, 1.807) is 6.07 Å². The molecule has 0 aromatic heterocycles. The number of hydrogen-bond donors (Lipinski definition) is 0. The standard InChI is InChI=1S/C35H43NO2/c1-3-4-5-6-7-9-12-27-13-15-28(16-14-27)29-17-19-30(20-18-29)34(37)38-33-22-21-32(25-31(33)26-36)35(2)23-10-8-11-24-35/h8,10-11,17-23,25,27-28H,3-7,9,12-16,24H2,1-2H3. The third kappa shape index (κ3) is 7.25. The van der Waals surface area contributed by atoms with Crippen molar-refractivity contribution in [3.05, 3.63) is 89.0 Å². The molecule has 0 spiro atoms. The van der Waals surface area contributed by atoms with E-state index in [1.807, 2.05) is 36.4 Å². The molecule has 0 N–H and O–H groups in total. The summed E-state index contributed by atoms with van der Waals surface area (Å²) >= 11 is 0. The van der Waals surface area contributed by atoms with E-state index < -0.39 is 5.97 Å². The van der Waals surface area contributed by atoms with E-state index >= 15 is 0 Å². The molecular weight excluding hydrogens is 466 g/mol. The molecule has 0 radical (unpaired) electrons. The number of unbranched alkanes of at least 4 members (excludes halogenated alkanes) is 5. The molecule has 1 atom stereocenters. The molecule has 0 heterocycles. The first kappa shape index (κ1) is 27.9. The molecular formula is C35H43NO2. The minimum atomic E-state index is -0.421. The average molecular weight is 510 g/mol. The second kappa shape index (κ2) is 13.6. The normalized spacial score (nSPS) is 22.7. The van der Waals surface area contributed by atoms with Crippen molar-refractivity contribution in [2.75, 3.05) is 0 Å². The lowest BCUT2D eigenvalue weighted by Gasteiger charge is -2.29. The van der Waals surface area contributed by atoms with Gasteiger partial charge in [-0.25, -0.2) is 4.79 Å². The highest BCUT2D eigenvalue weighted by molar-refractivity contribution is 5.91. The van der Waals surface area contributed by atoms with Crippen LogP contribution in [0.1, 0.15) is 124 Å². The number of hydrogen-bond acceptors (Lipinski definition) is 3. The van der Waals surface area contributed by atoms with E-state index in [0.29, 0.717) is 22.8 Å². The lowest BCUT2D eigenvalue weighted by molar-refractivity contribution is 0.0734. The molecule has 2 aliphatic carbocycles. The zero-order valence-electron chi connectivity index (χ0n) is 23.3. The van der Waals surface area contributed by atoms with Crippen LogP contribution in [0.3, 0.4) is 0 Å². The Hall–Kier alpha value is -3.12. The number of rotatable bonds is 11. The highest BCUT2D eigenvalue weighted by Crippen LogP contribution is 2.38. The monoisotopic (exact) mass is 509 g/mol. The molecule has 3 nitrogen and oxygen atoms in total. The Kier molecular flexibility index (Phi) is 9.99. The Balaban J connectivity index is 1.29. The van der Waals surface area contributed by atoms with Crippen molar-refractivity contribution in [3.63, 3.8) is 0 Å². The first-order valence-corrected chi connectivity index (χ1v) is 14.7. The molecule has 2 aromatic carbocycles. The van der Waals surface area contributed by atoms with Crippen molar-refractivity contribution < 1.29 is 9.53 Å². The topological polar surface area (TPSA) is 50.1 Å². The lowest BCUT2D eigenvalue weighted by atomic mass is 9.77. The molecule has 0 bridgehead atoms. The highest BCUT2D eigenvalue weighted by Gasteiger charge is 2.25. The van der Waals surface area contributed by atoms with E-state index in [9.17, 15) is 10.1 Å². The van der Waals surface area contributed by atoms with E-state index in [4.69, 9.17) is 4.74 Å². The minimum Gasteiger partial charge on any atom is -0.422 e. The summed E-state index contributed by atoms with van der Waals surface area (Å²) in [5.74, 6) is 1.37. The van der Waals surface area contributed by atoms with Gasteiger partial charge in [-0.2, -0.15) is 5.26 Å². The third-order valence-corrected chi connectivity index (χ3v) is 8.65. The van der Waals surface area contributed by atoms with Crippen molar-refractivity contribution in [2.24, 2.45) is 5.92 Å². The number of nitriles is 1. The maximum absolute atomic E-state index is 12.9. The van der Waals surface area contributed by atoms with Crippen LogP contribution in [-0.4, -0.2) is 5.97 Å². The van der Waals surface area contributed by atoms with Gasteiger partial charge >= 0.3 is 5.97 Å². The van der Waals surface area contributed by atoms with E-state index in [1.165, 1.54) is 76.2 Å². The Labute approximate surface area is 229 Å². The van der Waals surface area contributed by atoms with Gasteiger partial charge in [0.15, 0.2) is 0 Å². The van der Waals surface area contributed by atoms with Gasteiger partial charge in [0.2, 0.25) is 0 Å². The van der Waals surface area contributed by atoms with Gasteiger partial charge in [0.05, 0.1) is 11.1 Å². The van der Waals surface area contributed by atoms with Gasteiger partial charge in [-0.1, -0.05) is 101 Å². The summed E-state index contributed by atoms with van der Waals surface area (Å²) in [5.41, 5.74) is 3.11. The zero-order valence-corrected chi connectivity index (χ0v) is 23.3. The summed E-state index contributed by atoms with van der Waals surface area (Å²) in [4.78, 5) is 12.9. The van der Waals surface area contributed by atoms with Gasteiger partial charge in [-0.05, 0) is 79.3 Å². The molecule has 0 saturated heterocycles.